The molecule has 1 saturated carbocycles. The van der Waals surface area contributed by atoms with Crippen LogP contribution in [0.4, 0.5) is 11.4 Å². The van der Waals surface area contributed by atoms with E-state index in [1.165, 1.54) is 6.42 Å². The van der Waals surface area contributed by atoms with Gasteiger partial charge in [0.15, 0.2) is 13.1 Å². The lowest BCUT2D eigenvalue weighted by Crippen LogP contribution is -3.11. The third-order valence-corrected chi connectivity index (χ3v) is 5.51. The second-order valence-corrected chi connectivity index (χ2v) is 7.98. The fraction of sp³-hybridized carbons (Fsp3) is 0.417. The van der Waals surface area contributed by atoms with E-state index in [1.54, 1.807) is 13.2 Å². The van der Waals surface area contributed by atoms with Crippen LogP contribution in [0.2, 0.25) is 0 Å². The number of para-hydroxylation sites is 1. The van der Waals surface area contributed by atoms with Crippen molar-refractivity contribution in [3.63, 3.8) is 0 Å². The highest BCUT2D eigenvalue weighted by Gasteiger charge is 2.29. The summed E-state index contributed by atoms with van der Waals surface area (Å²) in [5.74, 6) is 0.631. The van der Waals surface area contributed by atoms with Crippen molar-refractivity contribution in [1.29, 1.82) is 0 Å². The molecule has 0 bridgehead atoms. The van der Waals surface area contributed by atoms with Crippen LogP contribution < -0.4 is 19.9 Å². The van der Waals surface area contributed by atoms with Gasteiger partial charge < -0.3 is 19.9 Å². The lowest BCUT2D eigenvalue weighted by atomic mass is 9.93. The molecule has 2 aromatic carbocycles. The first-order valence-electron chi connectivity index (χ1n) is 10.7. The predicted octanol–water partition coefficient (Wildman–Crippen LogP) is 2.51. The SMILES string of the molecule is COc1cccc(NC(=O)C[NH+](C)CC(=O)N(c2ccccc2)C2CCCCC2)c1. The number of quaternary nitrogens is 1. The third kappa shape index (κ3) is 6.07. The van der Waals surface area contributed by atoms with Crippen LogP contribution in [-0.4, -0.2) is 45.1 Å². The molecule has 1 aliphatic rings. The van der Waals surface area contributed by atoms with Crippen LogP contribution in [0.15, 0.2) is 54.6 Å². The number of ether oxygens (including phenoxy) is 1. The van der Waals surface area contributed by atoms with Crippen molar-refractivity contribution in [3.05, 3.63) is 54.6 Å². The van der Waals surface area contributed by atoms with Crippen LogP contribution >= 0.6 is 0 Å². The molecule has 30 heavy (non-hydrogen) atoms. The first kappa shape index (κ1) is 21.8. The minimum atomic E-state index is -0.127. The molecule has 6 heteroatoms. The van der Waals surface area contributed by atoms with E-state index in [4.69, 9.17) is 4.74 Å². The number of carbonyl (C=O) groups is 2. The molecule has 160 valence electrons. The van der Waals surface area contributed by atoms with Gasteiger partial charge in [-0.2, -0.15) is 0 Å². The maximum atomic E-state index is 13.2. The minimum absolute atomic E-state index is 0.0692. The number of nitrogens with zero attached hydrogens (tertiary/aromatic N) is 1. The maximum Gasteiger partial charge on any atom is 0.282 e. The van der Waals surface area contributed by atoms with Gasteiger partial charge in [0, 0.05) is 23.5 Å². The van der Waals surface area contributed by atoms with Gasteiger partial charge in [0.2, 0.25) is 0 Å². The van der Waals surface area contributed by atoms with Crippen molar-refractivity contribution in [2.45, 2.75) is 38.1 Å². The van der Waals surface area contributed by atoms with Crippen molar-refractivity contribution >= 4 is 23.2 Å². The molecule has 0 radical (unpaired) electrons. The molecule has 6 nitrogen and oxygen atoms in total. The zero-order valence-electron chi connectivity index (χ0n) is 17.9. The normalized spacial score (nSPS) is 15.3. The molecule has 2 aromatic rings. The second kappa shape index (κ2) is 10.8. The molecule has 2 N–H and O–H groups in total. The van der Waals surface area contributed by atoms with Crippen molar-refractivity contribution in [2.75, 3.05) is 37.5 Å². The van der Waals surface area contributed by atoms with Crippen LogP contribution in [0.5, 0.6) is 5.75 Å². The Hall–Kier alpha value is -2.86. The van der Waals surface area contributed by atoms with Crippen molar-refractivity contribution in [3.8, 4) is 5.75 Å². The molecule has 2 amide bonds. The van der Waals surface area contributed by atoms with Gasteiger partial charge in [-0.05, 0) is 37.1 Å². The smallest absolute Gasteiger partial charge is 0.282 e. The molecular weight excluding hydrogens is 378 g/mol. The quantitative estimate of drug-likeness (QED) is 0.703. The van der Waals surface area contributed by atoms with E-state index in [-0.39, 0.29) is 30.9 Å². The van der Waals surface area contributed by atoms with E-state index in [1.807, 2.05) is 60.5 Å². The molecule has 0 heterocycles. The Labute approximate surface area is 178 Å². The van der Waals surface area contributed by atoms with Gasteiger partial charge in [-0.3, -0.25) is 9.59 Å². The molecule has 1 atom stereocenters. The third-order valence-electron chi connectivity index (χ3n) is 5.51. The first-order chi connectivity index (χ1) is 14.6. The number of methoxy groups -OCH3 is 1. The average molecular weight is 411 g/mol. The number of hydrogen-bond acceptors (Lipinski definition) is 3. The molecule has 0 aromatic heterocycles. The average Bonchev–Trinajstić information content (AvgIpc) is 2.75. The molecule has 0 spiro atoms. The Balaban J connectivity index is 1.60. The van der Waals surface area contributed by atoms with Gasteiger partial charge in [0.25, 0.3) is 11.8 Å². The van der Waals surface area contributed by atoms with Crippen molar-refractivity contribution in [2.24, 2.45) is 0 Å². The summed E-state index contributed by atoms with van der Waals surface area (Å²) in [6.07, 6.45) is 5.63. The van der Waals surface area contributed by atoms with E-state index < -0.39 is 0 Å². The van der Waals surface area contributed by atoms with Crippen LogP contribution in [0.1, 0.15) is 32.1 Å². The largest absolute Gasteiger partial charge is 0.497 e. The summed E-state index contributed by atoms with van der Waals surface area (Å²) in [5.41, 5.74) is 1.63. The van der Waals surface area contributed by atoms with Crippen LogP contribution in [-0.2, 0) is 9.59 Å². The number of nitrogens with one attached hydrogen (secondary N) is 2. The molecular formula is C24H32N3O3+. The Bertz CT molecular complexity index is 835. The van der Waals surface area contributed by atoms with Crippen molar-refractivity contribution in [1.82, 2.24) is 0 Å². The number of carbonyl (C=O) groups excluding carboxylic acids is 2. The standard InChI is InChI=1S/C24H31N3O3/c1-26(17-23(28)25-19-10-9-15-22(16-19)30-2)18-24(29)27(20-11-5-3-6-12-20)21-13-7-4-8-14-21/h3,5-6,9-12,15-16,21H,4,7-8,13-14,17-18H2,1-2H3,(H,25,28)/p+1. The van der Waals surface area contributed by atoms with E-state index in [0.717, 1.165) is 36.3 Å². The minimum Gasteiger partial charge on any atom is -0.497 e. The topological polar surface area (TPSA) is 63.1 Å². The summed E-state index contributed by atoms with van der Waals surface area (Å²) in [7, 11) is 3.47. The van der Waals surface area contributed by atoms with Crippen LogP contribution in [0, 0.1) is 0 Å². The molecule has 1 unspecified atom stereocenters. The fourth-order valence-electron chi connectivity index (χ4n) is 4.07. The summed E-state index contributed by atoms with van der Waals surface area (Å²) >= 11 is 0. The summed E-state index contributed by atoms with van der Waals surface area (Å²) < 4.78 is 5.19. The highest BCUT2D eigenvalue weighted by molar-refractivity contribution is 5.95. The lowest BCUT2D eigenvalue weighted by Gasteiger charge is -2.34. The van der Waals surface area contributed by atoms with Crippen molar-refractivity contribution < 1.29 is 19.2 Å². The number of benzene rings is 2. The van der Waals surface area contributed by atoms with Gasteiger partial charge in [-0.15, -0.1) is 0 Å². The van der Waals surface area contributed by atoms with Gasteiger partial charge in [-0.25, -0.2) is 0 Å². The number of amides is 2. The Kier molecular flexibility index (Phi) is 7.85. The van der Waals surface area contributed by atoms with E-state index >= 15 is 0 Å². The molecule has 1 aliphatic carbocycles. The fourth-order valence-corrected chi connectivity index (χ4v) is 4.07. The van der Waals surface area contributed by atoms with E-state index in [9.17, 15) is 9.59 Å². The molecule has 3 rings (SSSR count). The highest BCUT2D eigenvalue weighted by Crippen LogP contribution is 2.27. The summed E-state index contributed by atoms with van der Waals surface area (Å²) in [5, 5.41) is 2.88. The lowest BCUT2D eigenvalue weighted by molar-refractivity contribution is -0.862. The Morgan fingerprint density at radius 2 is 1.77 bits per heavy atom. The summed E-state index contributed by atoms with van der Waals surface area (Å²) in [6.45, 7) is 0.493. The number of likely N-dealkylation sites (N-methyl/N-ethyl adjacent to an activating group) is 1. The van der Waals surface area contributed by atoms with Crippen LogP contribution in [0.25, 0.3) is 0 Å². The van der Waals surface area contributed by atoms with Gasteiger partial charge in [-0.1, -0.05) is 43.5 Å². The predicted molar refractivity (Wildman–Crippen MR) is 119 cm³/mol. The molecule has 0 aliphatic heterocycles. The second-order valence-electron chi connectivity index (χ2n) is 7.98. The molecule has 0 saturated heterocycles. The number of rotatable bonds is 8. The van der Waals surface area contributed by atoms with Gasteiger partial charge >= 0.3 is 0 Å². The monoisotopic (exact) mass is 410 g/mol. The molecule has 1 fully saturated rings. The van der Waals surface area contributed by atoms with E-state index in [2.05, 4.69) is 5.32 Å². The van der Waals surface area contributed by atoms with Gasteiger partial charge in [0.05, 0.1) is 14.2 Å². The van der Waals surface area contributed by atoms with Crippen LogP contribution in [0.3, 0.4) is 0 Å². The first-order valence-corrected chi connectivity index (χ1v) is 10.7. The zero-order valence-corrected chi connectivity index (χ0v) is 17.9. The Morgan fingerprint density at radius 1 is 1.03 bits per heavy atom. The highest BCUT2D eigenvalue weighted by atomic mass is 16.5. The van der Waals surface area contributed by atoms with Gasteiger partial charge in [0.1, 0.15) is 5.75 Å². The maximum absolute atomic E-state index is 13.2. The zero-order chi connectivity index (χ0) is 21.3. The Morgan fingerprint density at radius 3 is 2.47 bits per heavy atom. The van der Waals surface area contributed by atoms with E-state index in [0.29, 0.717) is 11.4 Å². The number of anilines is 2. The summed E-state index contributed by atoms with van der Waals surface area (Å²) in [6, 6.07) is 17.4. The number of hydrogen-bond donors (Lipinski definition) is 2. The summed E-state index contributed by atoms with van der Waals surface area (Å²) in [4.78, 5) is 28.5.